The van der Waals surface area contributed by atoms with Crippen LogP contribution in [-0.4, -0.2) is 59.7 Å². The molecule has 0 unspecified atom stereocenters. The number of ether oxygens (including phenoxy) is 1. The summed E-state index contributed by atoms with van der Waals surface area (Å²) in [6, 6.07) is 8.01. The van der Waals surface area contributed by atoms with Crippen molar-refractivity contribution in [2.75, 3.05) is 31.4 Å². The Balaban J connectivity index is 1.31. The van der Waals surface area contributed by atoms with E-state index in [1.165, 1.54) is 17.0 Å². The average Bonchev–Trinajstić information content (AvgIpc) is 3.22. The molecule has 5 rings (SSSR count). The second-order valence-electron chi connectivity index (χ2n) is 8.13. The number of halogens is 1. The molecule has 2 fully saturated rings. The van der Waals surface area contributed by atoms with Gasteiger partial charge in [-0.15, -0.1) is 0 Å². The van der Waals surface area contributed by atoms with Crippen molar-refractivity contribution in [1.82, 2.24) is 15.1 Å². The number of nitrogens with one attached hydrogen (secondary N) is 2. The molecule has 3 amide bonds. The first-order valence-electron chi connectivity index (χ1n) is 14.7. The van der Waals surface area contributed by atoms with Crippen LogP contribution in [0.3, 0.4) is 0 Å². The molecule has 2 N–H and O–H groups in total. The van der Waals surface area contributed by atoms with E-state index in [1.807, 2.05) is 0 Å². The van der Waals surface area contributed by atoms with Crippen LogP contribution in [0.15, 0.2) is 36.4 Å². The summed E-state index contributed by atoms with van der Waals surface area (Å²) >= 11 is 0. The van der Waals surface area contributed by atoms with E-state index in [2.05, 4.69) is 15.4 Å². The van der Waals surface area contributed by atoms with Crippen molar-refractivity contribution in [3.63, 3.8) is 0 Å². The third-order valence-corrected chi connectivity index (χ3v) is 5.97. The predicted molar refractivity (Wildman–Crippen MR) is 122 cm³/mol. The van der Waals surface area contributed by atoms with Gasteiger partial charge >= 0.3 is 0 Å². The highest BCUT2D eigenvalue weighted by Crippen LogP contribution is 2.32. The van der Waals surface area contributed by atoms with Gasteiger partial charge in [0.25, 0.3) is 5.91 Å². The van der Waals surface area contributed by atoms with E-state index in [1.54, 1.807) is 18.2 Å². The monoisotopic (exact) mass is 474 g/mol. The number of rotatable bonds is 6. The van der Waals surface area contributed by atoms with Gasteiger partial charge in [-0.2, -0.15) is 0 Å². The highest BCUT2D eigenvalue weighted by atomic mass is 19.1. The summed E-state index contributed by atoms with van der Waals surface area (Å²) in [4.78, 5) is 38.6. The summed E-state index contributed by atoms with van der Waals surface area (Å²) in [6.07, 6.45) is 0.338. The number of morpholine rings is 1. The lowest BCUT2D eigenvalue weighted by Gasteiger charge is -2.29. The minimum Gasteiger partial charge on any atom is -0.381 e. The Kier molecular flexibility index (Phi) is 4.16. The maximum Gasteiger partial charge on any atom is 0.255 e. The molecule has 2 aromatic rings. The first-order chi connectivity index (χ1) is 19.5. The first-order valence-corrected chi connectivity index (χ1v) is 10.7. The second-order valence-corrected chi connectivity index (χ2v) is 8.13. The number of anilines is 1. The normalized spacial score (nSPS) is 30.3. The molecule has 2 saturated heterocycles. The fourth-order valence-corrected chi connectivity index (χ4v) is 4.25. The Bertz CT molecular complexity index is 1450. The summed E-state index contributed by atoms with van der Waals surface area (Å²) in [7, 11) is 0. The molecule has 178 valence electrons. The molecule has 1 atom stereocenters. The van der Waals surface area contributed by atoms with Crippen LogP contribution in [0.1, 0.15) is 50.9 Å². The molecule has 8 nitrogen and oxygen atoms in total. The largest absolute Gasteiger partial charge is 0.381 e. The lowest BCUT2D eigenvalue weighted by Crippen LogP contribution is -2.52. The van der Waals surface area contributed by atoms with Gasteiger partial charge in [-0.05, 0) is 30.2 Å². The van der Waals surface area contributed by atoms with Gasteiger partial charge in [0.05, 0.1) is 18.6 Å². The Hall–Kier alpha value is -3.30. The fraction of sp³-hybridized carbons (Fsp3) is 0.400. The third kappa shape index (κ3) is 4.53. The van der Waals surface area contributed by atoms with E-state index in [4.69, 9.17) is 11.0 Å². The van der Waals surface area contributed by atoms with Crippen LogP contribution in [0.5, 0.6) is 0 Å². The van der Waals surface area contributed by atoms with Crippen molar-refractivity contribution in [3.05, 3.63) is 64.5 Å². The lowest BCUT2D eigenvalue weighted by molar-refractivity contribution is -0.136. The SMILES string of the molecule is [2H]C1([2H])OC([2H])([2H])C([2H])([2H])N(Cc2ccc(CNc3cccc4c3CN([C@H]3CCC(=O)NC3=O)C4=O)c(F)c2)C1([2H])[2H]. The molecular formula is C25H27FN4O4. The summed E-state index contributed by atoms with van der Waals surface area (Å²) in [5, 5.41) is 5.34. The van der Waals surface area contributed by atoms with E-state index in [-0.39, 0.29) is 48.9 Å². The van der Waals surface area contributed by atoms with Crippen LogP contribution in [0.4, 0.5) is 10.1 Å². The smallest absolute Gasteiger partial charge is 0.255 e. The lowest BCUT2D eigenvalue weighted by atomic mass is 10.0. The number of amides is 3. The number of fused-ring (bicyclic) bond motifs is 1. The number of piperidine rings is 1. The second kappa shape index (κ2) is 9.52. The van der Waals surface area contributed by atoms with Crippen LogP contribution in [0, 0.1) is 5.82 Å². The van der Waals surface area contributed by atoms with E-state index in [0.29, 0.717) is 21.7 Å². The Morgan fingerprint density at radius 1 is 1.18 bits per heavy atom. The number of nitrogens with zero attached hydrogens (tertiary/aromatic N) is 2. The van der Waals surface area contributed by atoms with E-state index < -0.39 is 50.4 Å². The zero-order valence-corrected chi connectivity index (χ0v) is 18.0. The van der Waals surface area contributed by atoms with Crippen LogP contribution in [0.25, 0.3) is 0 Å². The van der Waals surface area contributed by atoms with Gasteiger partial charge in [0.2, 0.25) is 11.8 Å². The summed E-state index contributed by atoms with van der Waals surface area (Å²) < 4.78 is 83.3. The minimum absolute atomic E-state index is 0.0283. The molecule has 3 aliphatic heterocycles. The molecule has 0 aromatic heterocycles. The molecule has 0 saturated carbocycles. The zero-order valence-electron chi connectivity index (χ0n) is 26.0. The minimum atomic E-state index is -3.20. The molecule has 0 bridgehead atoms. The molecule has 3 aliphatic rings. The van der Waals surface area contributed by atoms with Crippen LogP contribution in [-0.2, 0) is 34.0 Å². The highest BCUT2D eigenvalue weighted by molar-refractivity contribution is 6.06. The van der Waals surface area contributed by atoms with E-state index in [9.17, 15) is 14.4 Å². The quantitative estimate of drug-likeness (QED) is 0.623. The number of imide groups is 1. The number of carbonyl (C=O) groups excluding carboxylic acids is 3. The Morgan fingerprint density at radius 3 is 2.76 bits per heavy atom. The van der Waals surface area contributed by atoms with Gasteiger partial charge < -0.3 is 15.0 Å². The predicted octanol–water partition coefficient (Wildman–Crippen LogP) is 2.03. The molecular weight excluding hydrogens is 439 g/mol. The van der Waals surface area contributed by atoms with Gasteiger partial charge in [-0.25, -0.2) is 4.39 Å². The van der Waals surface area contributed by atoms with Crippen LogP contribution >= 0.6 is 0 Å². The van der Waals surface area contributed by atoms with Gasteiger partial charge in [0.1, 0.15) is 11.9 Å². The third-order valence-electron chi connectivity index (χ3n) is 5.97. The van der Waals surface area contributed by atoms with Crippen molar-refractivity contribution in [1.29, 1.82) is 0 Å². The van der Waals surface area contributed by atoms with Gasteiger partial charge in [0.15, 0.2) is 0 Å². The Labute approximate surface area is 208 Å². The molecule has 3 heterocycles. The average molecular weight is 475 g/mol. The van der Waals surface area contributed by atoms with Gasteiger partial charge in [-0.1, -0.05) is 18.2 Å². The van der Waals surface area contributed by atoms with Gasteiger partial charge in [-0.3, -0.25) is 24.6 Å². The van der Waals surface area contributed by atoms with E-state index in [0.717, 1.165) is 6.07 Å². The number of hydrogen-bond donors (Lipinski definition) is 2. The maximum absolute atomic E-state index is 15.2. The molecule has 0 spiro atoms. The Morgan fingerprint density at radius 2 is 2.00 bits per heavy atom. The van der Waals surface area contributed by atoms with Crippen molar-refractivity contribution in [2.45, 2.75) is 38.5 Å². The van der Waals surface area contributed by atoms with Crippen molar-refractivity contribution in [2.24, 2.45) is 0 Å². The zero-order chi connectivity index (χ0) is 30.8. The molecule has 34 heavy (non-hydrogen) atoms. The molecule has 0 aliphatic carbocycles. The number of benzene rings is 2. The van der Waals surface area contributed by atoms with Crippen LogP contribution in [0.2, 0.25) is 0 Å². The standard InChI is InChI=1S/C25H27FN4O4/c26-20-12-16(14-29-8-10-34-11-9-29)4-5-17(20)13-27-21-3-1-2-18-19(21)15-30(25(18)33)22-6-7-23(31)28-24(22)32/h1-5,12,22,27H,6-11,13-15H2,(H,28,31,32)/t22-/m0/s1/i8D2,9D2,10D2,11D2. The summed E-state index contributed by atoms with van der Waals surface area (Å²) in [5.41, 5.74) is 1.79. The molecule has 2 aromatic carbocycles. The first kappa shape index (κ1) is 14.9. The topological polar surface area (TPSA) is 91.0 Å². The fourth-order valence-electron chi connectivity index (χ4n) is 4.25. The van der Waals surface area contributed by atoms with E-state index >= 15 is 4.39 Å². The van der Waals surface area contributed by atoms with Crippen molar-refractivity contribution in [3.8, 4) is 0 Å². The summed E-state index contributed by atoms with van der Waals surface area (Å²) in [5.74, 6) is -2.00. The van der Waals surface area contributed by atoms with Crippen molar-refractivity contribution < 1.29 is 34.5 Å². The number of hydrogen-bond acceptors (Lipinski definition) is 6. The maximum atomic E-state index is 15.2. The molecule has 0 radical (unpaired) electrons. The highest BCUT2D eigenvalue weighted by Gasteiger charge is 2.39. The van der Waals surface area contributed by atoms with Crippen molar-refractivity contribution >= 4 is 23.4 Å². The van der Waals surface area contributed by atoms with Crippen LogP contribution < -0.4 is 10.6 Å². The van der Waals surface area contributed by atoms with Gasteiger partial charge in [0, 0.05) is 66.9 Å². The number of carbonyl (C=O) groups is 3. The summed E-state index contributed by atoms with van der Waals surface area (Å²) in [6.45, 7) is -13.1. The molecule has 9 heteroatoms.